The van der Waals surface area contributed by atoms with Crippen molar-refractivity contribution < 1.29 is 0 Å². The number of nitrogens with zero attached hydrogens (tertiary/aromatic N) is 3. The Labute approximate surface area is 95.7 Å². The summed E-state index contributed by atoms with van der Waals surface area (Å²) in [6.45, 7) is 5.35. The Kier molecular flexibility index (Phi) is 3.12. The van der Waals surface area contributed by atoms with Crippen LogP contribution in [0.25, 0.3) is 0 Å². The molecule has 15 heavy (non-hydrogen) atoms. The Hall–Kier alpha value is -0.800. The lowest BCUT2D eigenvalue weighted by Crippen LogP contribution is -2.50. The van der Waals surface area contributed by atoms with E-state index in [0.717, 1.165) is 25.5 Å². The van der Waals surface area contributed by atoms with Gasteiger partial charge in [0.2, 0.25) is 0 Å². The molecule has 0 N–H and O–H groups in total. The number of anilines is 1. The monoisotopic (exact) mass is 225 g/mol. The van der Waals surface area contributed by atoms with Gasteiger partial charge in [-0.3, -0.25) is 0 Å². The molecule has 0 spiro atoms. The highest BCUT2D eigenvalue weighted by atomic mass is 35.5. The molecule has 0 radical (unpaired) electrons. The van der Waals surface area contributed by atoms with Crippen molar-refractivity contribution in [3.63, 3.8) is 0 Å². The molecule has 2 heterocycles. The second kappa shape index (κ2) is 4.37. The smallest absolute Gasteiger partial charge is 0.131 e. The van der Waals surface area contributed by atoms with Gasteiger partial charge < -0.3 is 9.80 Å². The fourth-order valence-corrected chi connectivity index (χ4v) is 1.99. The van der Waals surface area contributed by atoms with Crippen molar-refractivity contribution in [2.24, 2.45) is 0 Å². The van der Waals surface area contributed by atoms with Gasteiger partial charge in [-0.05, 0) is 26.1 Å². The minimum atomic E-state index is 0.569. The molecular weight excluding hydrogens is 210 g/mol. The zero-order valence-electron chi connectivity index (χ0n) is 9.15. The van der Waals surface area contributed by atoms with Crippen LogP contribution >= 0.6 is 11.6 Å². The summed E-state index contributed by atoms with van der Waals surface area (Å²) in [5, 5.41) is 0.569. The number of aromatic nitrogens is 1. The SMILES string of the molecule is CC1CN(c2cccc(Cl)n2)CCN1C. The Morgan fingerprint density at radius 2 is 2.20 bits per heavy atom. The second-order valence-corrected chi connectivity index (χ2v) is 4.48. The van der Waals surface area contributed by atoms with Crippen LogP contribution in [0.5, 0.6) is 0 Å². The van der Waals surface area contributed by atoms with Crippen molar-refractivity contribution >= 4 is 17.4 Å². The first-order valence-electron chi connectivity index (χ1n) is 5.24. The maximum Gasteiger partial charge on any atom is 0.131 e. The summed E-state index contributed by atoms with van der Waals surface area (Å²) in [4.78, 5) is 8.98. The number of hydrogen-bond donors (Lipinski definition) is 0. The van der Waals surface area contributed by atoms with Crippen LogP contribution in [0, 0.1) is 0 Å². The van der Waals surface area contributed by atoms with Gasteiger partial charge in [-0.1, -0.05) is 17.7 Å². The lowest BCUT2D eigenvalue weighted by Gasteiger charge is -2.38. The van der Waals surface area contributed by atoms with Gasteiger partial charge in [-0.25, -0.2) is 4.98 Å². The van der Waals surface area contributed by atoms with Crippen molar-refractivity contribution in [2.45, 2.75) is 13.0 Å². The van der Waals surface area contributed by atoms with Crippen molar-refractivity contribution in [1.82, 2.24) is 9.88 Å². The van der Waals surface area contributed by atoms with Crippen molar-refractivity contribution in [3.8, 4) is 0 Å². The first-order chi connectivity index (χ1) is 7.16. The third-order valence-corrected chi connectivity index (χ3v) is 3.19. The van der Waals surface area contributed by atoms with Gasteiger partial charge in [0.25, 0.3) is 0 Å². The first kappa shape index (κ1) is 10.7. The molecule has 0 bridgehead atoms. The van der Waals surface area contributed by atoms with E-state index in [4.69, 9.17) is 11.6 Å². The zero-order chi connectivity index (χ0) is 10.8. The fourth-order valence-electron chi connectivity index (χ4n) is 1.83. The molecule has 0 amide bonds. The summed E-state index contributed by atoms with van der Waals surface area (Å²) >= 11 is 5.88. The maximum absolute atomic E-state index is 5.88. The minimum Gasteiger partial charge on any atom is -0.354 e. The number of likely N-dealkylation sites (N-methyl/N-ethyl adjacent to an activating group) is 1. The summed E-state index contributed by atoms with van der Waals surface area (Å²) in [6, 6.07) is 6.35. The molecule has 4 heteroatoms. The molecule has 2 rings (SSSR count). The molecule has 1 atom stereocenters. The quantitative estimate of drug-likeness (QED) is 0.681. The number of halogens is 1. The highest BCUT2D eigenvalue weighted by Gasteiger charge is 2.21. The van der Waals surface area contributed by atoms with E-state index in [1.165, 1.54) is 0 Å². The first-order valence-corrected chi connectivity index (χ1v) is 5.62. The highest BCUT2D eigenvalue weighted by molar-refractivity contribution is 6.29. The summed E-state index contributed by atoms with van der Waals surface area (Å²) in [5.74, 6) is 0.988. The predicted octanol–water partition coefficient (Wildman–Crippen LogP) is 1.88. The lowest BCUT2D eigenvalue weighted by atomic mass is 10.2. The molecule has 1 aromatic heterocycles. The molecule has 82 valence electrons. The third kappa shape index (κ3) is 2.41. The Morgan fingerprint density at radius 1 is 1.40 bits per heavy atom. The molecule has 0 aliphatic carbocycles. The van der Waals surface area contributed by atoms with Crippen LogP contribution in [0.1, 0.15) is 6.92 Å². The van der Waals surface area contributed by atoms with Gasteiger partial charge in [-0.2, -0.15) is 0 Å². The fraction of sp³-hybridized carbons (Fsp3) is 0.545. The molecule has 1 fully saturated rings. The van der Waals surface area contributed by atoms with Gasteiger partial charge in [0.1, 0.15) is 11.0 Å². The Morgan fingerprint density at radius 3 is 2.87 bits per heavy atom. The van der Waals surface area contributed by atoms with Gasteiger partial charge >= 0.3 is 0 Å². The Bertz CT molecular complexity index is 342. The standard InChI is InChI=1S/C11H16ClN3/c1-9-8-15(7-6-14(9)2)11-5-3-4-10(12)13-11/h3-5,9H,6-8H2,1-2H3. The van der Waals surface area contributed by atoms with Crippen molar-refractivity contribution in [2.75, 3.05) is 31.6 Å². The number of hydrogen-bond acceptors (Lipinski definition) is 3. The van der Waals surface area contributed by atoms with Crippen LogP contribution in [0.2, 0.25) is 5.15 Å². The van der Waals surface area contributed by atoms with E-state index < -0.39 is 0 Å². The highest BCUT2D eigenvalue weighted by Crippen LogP contribution is 2.17. The number of rotatable bonds is 1. The maximum atomic E-state index is 5.88. The van der Waals surface area contributed by atoms with Gasteiger partial charge in [-0.15, -0.1) is 0 Å². The topological polar surface area (TPSA) is 19.4 Å². The molecule has 1 saturated heterocycles. The van der Waals surface area contributed by atoms with Crippen molar-refractivity contribution in [3.05, 3.63) is 23.4 Å². The average Bonchev–Trinajstić information content (AvgIpc) is 2.22. The van der Waals surface area contributed by atoms with E-state index in [0.29, 0.717) is 11.2 Å². The van der Waals surface area contributed by atoms with E-state index in [1.807, 2.05) is 18.2 Å². The second-order valence-electron chi connectivity index (χ2n) is 4.09. The number of piperazine rings is 1. The molecule has 1 aliphatic rings. The van der Waals surface area contributed by atoms with Gasteiger partial charge in [0.15, 0.2) is 0 Å². The summed E-state index contributed by atoms with van der Waals surface area (Å²) in [6.07, 6.45) is 0. The van der Waals surface area contributed by atoms with E-state index >= 15 is 0 Å². The minimum absolute atomic E-state index is 0.569. The molecule has 1 aromatic rings. The van der Waals surface area contributed by atoms with Crippen LogP contribution < -0.4 is 4.90 Å². The zero-order valence-corrected chi connectivity index (χ0v) is 9.91. The summed E-state index contributed by atoms with van der Waals surface area (Å²) < 4.78 is 0. The molecule has 1 unspecified atom stereocenters. The molecule has 0 aromatic carbocycles. The molecular formula is C11H16ClN3. The number of pyridine rings is 1. The van der Waals surface area contributed by atoms with E-state index in [1.54, 1.807) is 0 Å². The van der Waals surface area contributed by atoms with Crippen LogP contribution in [0.3, 0.4) is 0 Å². The van der Waals surface area contributed by atoms with E-state index in [2.05, 4.69) is 28.8 Å². The van der Waals surface area contributed by atoms with Crippen LogP contribution in [-0.2, 0) is 0 Å². The summed E-state index contributed by atoms with van der Waals surface area (Å²) in [5.41, 5.74) is 0. The van der Waals surface area contributed by atoms with Crippen LogP contribution in [-0.4, -0.2) is 42.6 Å². The van der Waals surface area contributed by atoms with Gasteiger partial charge in [0.05, 0.1) is 0 Å². The Balaban J connectivity index is 2.12. The largest absolute Gasteiger partial charge is 0.354 e. The van der Waals surface area contributed by atoms with Crippen molar-refractivity contribution in [1.29, 1.82) is 0 Å². The van der Waals surface area contributed by atoms with E-state index in [-0.39, 0.29) is 0 Å². The van der Waals surface area contributed by atoms with Crippen LogP contribution in [0.4, 0.5) is 5.82 Å². The van der Waals surface area contributed by atoms with Crippen LogP contribution in [0.15, 0.2) is 18.2 Å². The molecule has 0 saturated carbocycles. The molecule has 3 nitrogen and oxygen atoms in total. The third-order valence-electron chi connectivity index (χ3n) is 2.98. The van der Waals surface area contributed by atoms with Gasteiger partial charge in [0, 0.05) is 25.7 Å². The normalized spacial score (nSPS) is 23.1. The average molecular weight is 226 g/mol. The summed E-state index contributed by atoms with van der Waals surface area (Å²) in [7, 11) is 2.16. The lowest BCUT2D eigenvalue weighted by molar-refractivity contribution is 0.233. The predicted molar refractivity (Wildman–Crippen MR) is 63.6 cm³/mol. The molecule has 1 aliphatic heterocycles. The van der Waals surface area contributed by atoms with E-state index in [9.17, 15) is 0 Å².